The van der Waals surface area contributed by atoms with Crippen molar-refractivity contribution in [1.29, 1.82) is 0 Å². The summed E-state index contributed by atoms with van der Waals surface area (Å²) in [6.07, 6.45) is 1.42. The van der Waals surface area contributed by atoms with Crippen molar-refractivity contribution < 1.29 is 9.72 Å². The Morgan fingerprint density at radius 2 is 1.74 bits per heavy atom. The average molecular weight is 413 g/mol. The SMILES string of the molecule is Cc1cc2nc(-c3ccc(C(=O)N/N=C/c4ccc([N+](=O)[O-])cc4)cc3)[nH]c2cc1C. The highest BCUT2D eigenvalue weighted by atomic mass is 16.6. The Morgan fingerprint density at radius 1 is 1.06 bits per heavy atom. The molecule has 1 amide bonds. The Hall–Kier alpha value is -4.33. The molecular formula is C23H19N5O3. The maximum absolute atomic E-state index is 12.3. The number of H-pyrrole nitrogens is 1. The number of aromatic nitrogens is 2. The molecule has 0 aliphatic rings. The van der Waals surface area contributed by atoms with Crippen molar-refractivity contribution in [3.05, 3.63) is 93.0 Å². The first-order chi connectivity index (χ1) is 14.9. The molecule has 3 aromatic carbocycles. The summed E-state index contributed by atoms with van der Waals surface area (Å²) in [6.45, 7) is 4.12. The number of nitro benzene ring substituents is 1. The molecule has 0 radical (unpaired) electrons. The molecule has 1 heterocycles. The van der Waals surface area contributed by atoms with E-state index in [-0.39, 0.29) is 11.6 Å². The van der Waals surface area contributed by atoms with Crippen LogP contribution < -0.4 is 5.43 Å². The number of carbonyl (C=O) groups excluding carboxylic acids is 1. The lowest BCUT2D eigenvalue weighted by atomic mass is 10.1. The molecule has 0 spiro atoms. The molecule has 154 valence electrons. The van der Waals surface area contributed by atoms with E-state index in [1.54, 1.807) is 24.3 Å². The van der Waals surface area contributed by atoms with E-state index in [2.05, 4.69) is 46.5 Å². The molecule has 2 N–H and O–H groups in total. The number of nitrogens with zero attached hydrogens (tertiary/aromatic N) is 3. The van der Waals surface area contributed by atoms with E-state index in [9.17, 15) is 14.9 Å². The minimum Gasteiger partial charge on any atom is -0.338 e. The highest BCUT2D eigenvalue weighted by Gasteiger charge is 2.09. The van der Waals surface area contributed by atoms with Crippen molar-refractivity contribution in [3.63, 3.8) is 0 Å². The lowest BCUT2D eigenvalue weighted by molar-refractivity contribution is -0.384. The highest BCUT2D eigenvalue weighted by Crippen LogP contribution is 2.23. The summed E-state index contributed by atoms with van der Waals surface area (Å²) in [5.74, 6) is 0.378. The summed E-state index contributed by atoms with van der Waals surface area (Å²) >= 11 is 0. The quantitative estimate of drug-likeness (QED) is 0.284. The van der Waals surface area contributed by atoms with E-state index in [1.807, 2.05) is 12.1 Å². The van der Waals surface area contributed by atoms with Crippen molar-refractivity contribution in [1.82, 2.24) is 15.4 Å². The summed E-state index contributed by atoms with van der Waals surface area (Å²) in [5, 5.41) is 14.6. The minimum absolute atomic E-state index is 0.00371. The molecule has 0 fully saturated rings. The number of hydrogen-bond acceptors (Lipinski definition) is 5. The number of non-ortho nitro benzene ring substituents is 1. The Morgan fingerprint density at radius 3 is 2.42 bits per heavy atom. The zero-order valence-corrected chi connectivity index (χ0v) is 16.9. The van der Waals surface area contributed by atoms with Crippen LogP contribution in [0, 0.1) is 24.0 Å². The number of hydrazone groups is 1. The largest absolute Gasteiger partial charge is 0.338 e. The van der Waals surface area contributed by atoms with Gasteiger partial charge in [0.05, 0.1) is 22.2 Å². The predicted octanol–water partition coefficient (Wildman–Crippen LogP) is 4.52. The Labute approximate surface area is 177 Å². The standard InChI is InChI=1S/C23H19N5O3/c1-14-11-20-21(12-15(14)2)26-22(25-20)17-5-7-18(8-6-17)23(29)27-24-13-16-3-9-19(10-4-16)28(30)31/h3-13H,1-2H3,(H,25,26)(H,27,29)/b24-13+. The van der Waals surface area contributed by atoms with Gasteiger partial charge >= 0.3 is 0 Å². The summed E-state index contributed by atoms with van der Waals surface area (Å²) in [7, 11) is 0. The molecule has 31 heavy (non-hydrogen) atoms. The normalized spacial score (nSPS) is 11.2. The molecule has 0 saturated heterocycles. The van der Waals surface area contributed by atoms with Crippen LogP contribution in [0.2, 0.25) is 0 Å². The summed E-state index contributed by atoms with van der Waals surface area (Å²) in [6, 6.07) is 17.1. The number of imidazole rings is 1. The fraction of sp³-hybridized carbons (Fsp3) is 0.0870. The fourth-order valence-electron chi connectivity index (χ4n) is 3.10. The van der Waals surface area contributed by atoms with Crippen LogP contribution in [0.3, 0.4) is 0 Å². The van der Waals surface area contributed by atoms with Crippen molar-refractivity contribution in [3.8, 4) is 11.4 Å². The van der Waals surface area contributed by atoms with E-state index in [0.29, 0.717) is 11.1 Å². The second-order valence-electron chi connectivity index (χ2n) is 7.16. The number of hydrogen-bond donors (Lipinski definition) is 2. The third kappa shape index (κ3) is 4.32. The van der Waals surface area contributed by atoms with Gasteiger partial charge in [-0.2, -0.15) is 5.10 Å². The van der Waals surface area contributed by atoms with E-state index in [0.717, 1.165) is 22.4 Å². The highest BCUT2D eigenvalue weighted by molar-refractivity contribution is 5.95. The van der Waals surface area contributed by atoms with Gasteiger partial charge in [-0.25, -0.2) is 10.4 Å². The van der Waals surface area contributed by atoms with E-state index < -0.39 is 4.92 Å². The number of carbonyl (C=O) groups is 1. The van der Waals surface area contributed by atoms with Gasteiger partial charge in [0.15, 0.2) is 0 Å². The lowest BCUT2D eigenvalue weighted by Crippen LogP contribution is -2.17. The molecule has 0 aliphatic heterocycles. The Kier molecular flexibility index (Phi) is 5.28. The molecule has 8 heteroatoms. The van der Waals surface area contributed by atoms with Crippen LogP contribution in [0.5, 0.6) is 0 Å². The van der Waals surface area contributed by atoms with Crippen molar-refractivity contribution in [2.24, 2.45) is 5.10 Å². The molecule has 4 rings (SSSR count). The minimum atomic E-state index is -0.472. The van der Waals surface area contributed by atoms with E-state index in [4.69, 9.17) is 0 Å². The van der Waals surface area contributed by atoms with Gasteiger partial charge in [-0.1, -0.05) is 12.1 Å². The summed E-state index contributed by atoms with van der Waals surface area (Å²) in [5.41, 5.74) is 8.67. The lowest BCUT2D eigenvalue weighted by Gasteiger charge is -2.01. The maximum Gasteiger partial charge on any atom is 0.271 e. The van der Waals surface area contributed by atoms with Gasteiger partial charge in [0, 0.05) is 23.3 Å². The molecule has 0 atom stereocenters. The number of aromatic amines is 1. The van der Waals surface area contributed by atoms with Crippen LogP contribution in [0.15, 0.2) is 65.8 Å². The third-order valence-corrected chi connectivity index (χ3v) is 5.00. The molecular weight excluding hydrogens is 394 g/mol. The monoisotopic (exact) mass is 413 g/mol. The van der Waals surface area contributed by atoms with Crippen molar-refractivity contribution in [2.45, 2.75) is 13.8 Å². The van der Waals surface area contributed by atoms with Gasteiger partial charge < -0.3 is 4.98 Å². The van der Waals surface area contributed by atoms with Crippen LogP contribution in [0.1, 0.15) is 27.0 Å². The first kappa shape index (κ1) is 20.0. The fourth-order valence-corrected chi connectivity index (χ4v) is 3.10. The molecule has 0 saturated carbocycles. The third-order valence-electron chi connectivity index (χ3n) is 5.00. The number of nitrogens with one attached hydrogen (secondary N) is 2. The number of benzene rings is 3. The smallest absolute Gasteiger partial charge is 0.271 e. The molecule has 4 aromatic rings. The zero-order chi connectivity index (χ0) is 22.0. The second kappa shape index (κ2) is 8.19. The molecule has 1 aromatic heterocycles. The van der Waals surface area contributed by atoms with Gasteiger partial charge in [-0.15, -0.1) is 0 Å². The Bertz CT molecular complexity index is 1270. The van der Waals surface area contributed by atoms with Crippen LogP contribution >= 0.6 is 0 Å². The number of nitro groups is 1. The molecule has 0 bridgehead atoms. The predicted molar refractivity (Wildman–Crippen MR) is 119 cm³/mol. The van der Waals surface area contributed by atoms with Gasteiger partial charge in [-0.05, 0) is 66.9 Å². The van der Waals surface area contributed by atoms with Crippen LogP contribution in [-0.2, 0) is 0 Å². The zero-order valence-electron chi connectivity index (χ0n) is 16.9. The van der Waals surface area contributed by atoms with E-state index >= 15 is 0 Å². The summed E-state index contributed by atoms with van der Waals surface area (Å²) < 4.78 is 0. The second-order valence-corrected chi connectivity index (χ2v) is 7.16. The van der Waals surface area contributed by atoms with Crippen LogP contribution in [0.4, 0.5) is 5.69 Å². The molecule has 0 aliphatic carbocycles. The van der Waals surface area contributed by atoms with Gasteiger partial charge in [0.25, 0.3) is 11.6 Å². The summed E-state index contributed by atoms with van der Waals surface area (Å²) in [4.78, 5) is 30.5. The maximum atomic E-state index is 12.3. The molecule has 0 unspecified atom stereocenters. The number of amides is 1. The number of aryl methyl sites for hydroxylation is 2. The van der Waals surface area contributed by atoms with Gasteiger partial charge in [0.1, 0.15) is 5.82 Å². The average Bonchev–Trinajstić information content (AvgIpc) is 3.17. The van der Waals surface area contributed by atoms with Crippen molar-refractivity contribution in [2.75, 3.05) is 0 Å². The van der Waals surface area contributed by atoms with Gasteiger partial charge in [0.2, 0.25) is 0 Å². The topological polar surface area (TPSA) is 113 Å². The van der Waals surface area contributed by atoms with E-state index in [1.165, 1.54) is 29.5 Å². The first-order valence-corrected chi connectivity index (χ1v) is 9.56. The number of fused-ring (bicyclic) bond motifs is 1. The van der Waals surface area contributed by atoms with Crippen molar-refractivity contribution >= 4 is 28.8 Å². The first-order valence-electron chi connectivity index (χ1n) is 9.56. The molecule has 8 nitrogen and oxygen atoms in total. The van der Waals surface area contributed by atoms with Crippen LogP contribution in [-0.4, -0.2) is 27.0 Å². The number of rotatable bonds is 5. The van der Waals surface area contributed by atoms with Gasteiger partial charge in [-0.3, -0.25) is 14.9 Å². The Balaban J connectivity index is 1.44. The van der Waals surface area contributed by atoms with Crippen LogP contribution in [0.25, 0.3) is 22.4 Å².